The first-order valence-corrected chi connectivity index (χ1v) is 9.16. The second-order valence-corrected chi connectivity index (χ2v) is 7.14. The van der Waals surface area contributed by atoms with Crippen molar-refractivity contribution in [1.82, 2.24) is 25.0 Å². The summed E-state index contributed by atoms with van der Waals surface area (Å²) in [5, 5.41) is 20.6. The zero-order valence-electron chi connectivity index (χ0n) is 15.1. The predicted octanol–water partition coefficient (Wildman–Crippen LogP) is 1.90. The largest absolute Gasteiger partial charge is 0.385 e. The lowest BCUT2D eigenvalue weighted by molar-refractivity contribution is 0.102. The molecule has 1 aromatic carbocycles. The average Bonchev–Trinajstić information content (AvgIpc) is 3.29. The van der Waals surface area contributed by atoms with Crippen LogP contribution in [0.2, 0.25) is 0 Å². The number of rotatable bonds is 4. The van der Waals surface area contributed by atoms with Crippen LogP contribution in [-0.4, -0.2) is 42.0 Å². The van der Waals surface area contributed by atoms with Gasteiger partial charge in [0.15, 0.2) is 5.69 Å². The molecule has 1 aliphatic rings. The topological polar surface area (TPSA) is 135 Å². The van der Waals surface area contributed by atoms with E-state index in [2.05, 4.69) is 25.6 Å². The average molecular weight is 369 g/mol. The Morgan fingerprint density at radius 2 is 2.15 bits per heavy atom. The molecule has 2 heterocycles. The molecule has 4 rings (SSSR count). The summed E-state index contributed by atoms with van der Waals surface area (Å²) in [7, 11) is 0. The lowest BCUT2D eigenvalue weighted by atomic mass is 9.92. The van der Waals surface area contributed by atoms with E-state index >= 15 is 0 Å². The highest BCUT2D eigenvalue weighted by molar-refractivity contribution is 6.03. The van der Waals surface area contributed by atoms with Gasteiger partial charge in [-0.1, -0.05) is 5.21 Å². The molecule has 1 unspecified atom stereocenters. The number of carbonyl (C=O) groups is 1. The van der Waals surface area contributed by atoms with Gasteiger partial charge in [-0.05, 0) is 50.8 Å². The molecule has 5 N–H and O–H groups in total. The second-order valence-electron chi connectivity index (χ2n) is 7.14. The molecule has 1 amide bonds. The van der Waals surface area contributed by atoms with Crippen molar-refractivity contribution < 1.29 is 9.90 Å². The van der Waals surface area contributed by atoms with Gasteiger partial charge in [-0.25, -0.2) is 9.67 Å². The summed E-state index contributed by atoms with van der Waals surface area (Å²) in [5.74, 6) is 0.173. The van der Waals surface area contributed by atoms with E-state index in [1.165, 1.54) is 0 Å². The van der Waals surface area contributed by atoms with E-state index in [4.69, 9.17) is 5.73 Å². The Hall–Kier alpha value is -2.78. The number of aliphatic hydroxyl groups excluding tert-OH is 1. The predicted molar refractivity (Wildman–Crippen MR) is 100 cm³/mol. The number of imidazole rings is 1. The lowest BCUT2D eigenvalue weighted by Gasteiger charge is -2.25. The van der Waals surface area contributed by atoms with Gasteiger partial charge in [-0.3, -0.25) is 4.79 Å². The van der Waals surface area contributed by atoms with Crippen molar-refractivity contribution in [3.8, 4) is 0 Å². The van der Waals surface area contributed by atoms with Crippen molar-refractivity contribution in [1.29, 1.82) is 0 Å². The molecule has 1 saturated carbocycles. The molecule has 0 spiro atoms. The molecule has 0 radical (unpaired) electrons. The zero-order valence-corrected chi connectivity index (χ0v) is 15.1. The number of nitrogens with two attached hydrogens (primary N) is 1. The molecule has 3 aromatic rings. The summed E-state index contributed by atoms with van der Waals surface area (Å²) in [6.07, 6.45) is 4.84. The van der Waals surface area contributed by atoms with Gasteiger partial charge in [0.1, 0.15) is 11.9 Å². The highest BCUT2D eigenvalue weighted by Gasteiger charge is 2.22. The molecule has 1 aliphatic carbocycles. The molecular weight excluding hydrogens is 346 g/mol. The van der Waals surface area contributed by atoms with Crippen molar-refractivity contribution in [2.75, 3.05) is 5.32 Å². The van der Waals surface area contributed by atoms with Crippen molar-refractivity contribution >= 4 is 22.6 Å². The summed E-state index contributed by atoms with van der Waals surface area (Å²) in [5.41, 5.74) is 8.30. The third kappa shape index (κ3) is 3.69. The van der Waals surface area contributed by atoms with Crippen molar-refractivity contribution in [3.05, 3.63) is 35.9 Å². The van der Waals surface area contributed by atoms with Crippen LogP contribution in [0.1, 0.15) is 61.1 Å². The van der Waals surface area contributed by atoms with Crippen molar-refractivity contribution in [3.63, 3.8) is 0 Å². The summed E-state index contributed by atoms with van der Waals surface area (Å²) in [6.45, 7) is 1.64. The first-order chi connectivity index (χ1) is 13.0. The maximum Gasteiger partial charge on any atom is 0.277 e. The number of aromatic nitrogens is 5. The van der Waals surface area contributed by atoms with Crippen LogP contribution in [0.25, 0.3) is 11.0 Å². The Morgan fingerprint density at radius 3 is 2.89 bits per heavy atom. The van der Waals surface area contributed by atoms with Gasteiger partial charge in [-0.15, -0.1) is 5.10 Å². The molecule has 1 fully saturated rings. The van der Waals surface area contributed by atoms with E-state index in [9.17, 15) is 9.90 Å². The number of nitrogens with zero attached hydrogens (tertiary/aromatic N) is 4. The molecule has 1 atom stereocenters. The number of benzene rings is 1. The van der Waals surface area contributed by atoms with Crippen LogP contribution in [0.5, 0.6) is 0 Å². The number of H-pyrrole nitrogens is 1. The molecular formula is C18H23N7O2. The van der Waals surface area contributed by atoms with E-state index < -0.39 is 6.10 Å². The third-order valence-electron chi connectivity index (χ3n) is 5.01. The van der Waals surface area contributed by atoms with E-state index in [-0.39, 0.29) is 23.7 Å². The summed E-state index contributed by atoms with van der Waals surface area (Å²) in [6, 6.07) is 5.84. The van der Waals surface area contributed by atoms with Crippen molar-refractivity contribution in [2.24, 2.45) is 5.73 Å². The van der Waals surface area contributed by atoms with Gasteiger partial charge >= 0.3 is 0 Å². The van der Waals surface area contributed by atoms with Crippen LogP contribution in [0.15, 0.2) is 24.4 Å². The Bertz CT molecular complexity index is 954. The fraction of sp³-hybridized carbons (Fsp3) is 0.444. The summed E-state index contributed by atoms with van der Waals surface area (Å²) < 4.78 is 1.77. The van der Waals surface area contributed by atoms with Gasteiger partial charge in [0.25, 0.3) is 5.91 Å². The first-order valence-electron chi connectivity index (χ1n) is 9.16. The minimum absolute atomic E-state index is 0.249. The Balaban J connectivity index is 1.46. The quantitative estimate of drug-likeness (QED) is 0.555. The third-order valence-corrected chi connectivity index (χ3v) is 5.01. The van der Waals surface area contributed by atoms with E-state index in [0.29, 0.717) is 11.5 Å². The highest BCUT2D eigenvalue weighted by Crippen LogP contribution is 2.27. The van der Waals surface area contributed by atoms with Gasteiger partial charge in [0.2, 0.25) is 0 Å². The number of hydrogen-bond donors (Lipinski definition) is 4. The number of nitrogens with one attached hydrogen (secondary N) is 2. The maximum absolute atomic E-state index is 12.5. The number of aromatic amines is 1. The van der Waals surface area contributed by atoms with E-state index in [1.54, 1.807) is 36.0 Å². The Kier molecular flexibility index (Phi) is 4.63. The highest BCUT2D eigenvalue weighted by atomic mass is 16.3. The van der Waals surface area contributed by atoms with E-state index in [1.807, 2.05) is 0 Å². The van der Waals surface area contributed by atoms with Crippen LogP contribution in [0.4, 0.5) is 5.69 Å². The van der Waals surface area contributed by atoms with Crippen molar-refractivity contribution in [2.45, 2.75) is 50.8 Å². The number of carbonyl (C=O) groups excluding carboxylic acids is 1. The Morgan fingerprint density at radius 1 is 1.37 bits per heavy atom. The molecule has 0 aliphatic heterocycles. The van der Waals surface area contributed by atoms with Crippen LogP contribution >= 0.6 is 0 Å². The molecule has 0 bridgehead atoms. The monoisotopic (exact) mass is 369 g/mol. The fourth-order valence-electron chi connectivity index (χ4n) is 3.43. The van der Waals surface area contributed by atoms with Crippen LogP contribution in [0, 0.1) is 0 Å². The minimum atomic E-state index is -0.681. The lowest BCUT2D eigenvalue weighted by Crippen LogP contribution is -2.28. The standard InChI is InChI=1S/C18H23N7O2/c1-10(26)17-21-14-7-4-12(8-15(14)22-17)20-18(27)16-9-25(24-23-16)13-5-2-11(19)3-6-13/h4,7-11,13,26H,2-3,5-6,19H2,1H3,(H,20,27)(H,21,22). The minimum Gasteiger partial charge on any atom is -0.385 e. The molecule has 27 heavy (non-hydrogen) atoms. The smallest absolute Gasteiger partial charge is 0.277 e. The number of hydrogen-bond acceptors (Lipinski definition) is 6. The maximum atomic E-state index is 12.5. The number of fused-ring (bicyclic) bond motifs is 1. The first kappa shape index (κ1) is 17.6. The number of anilines is 1. The van der Waals surface area contributed by atoms with Crippen LogP contribution in [0.3, 0.4) is 0 Å². The van der Waals surface area contributed by atoms with Gasteiger partial charge < -0.3 is 21.1 Å². The zero-order chi connectivity index (χ0) is 19.0. The van der Waals surface area contributed by atoms with Gasteiger partial charge in [0, 0.05) is 11.7 Å². The SMILES string of the molecule is CC(O)c1nc2ccc(NC(=O)c3cn(C4CCC(N)CC4)nn3)cc2[nH]1. The fourth-order valence-corrected chi connectivity index (χ4v) is 3.43. The molecule has 2 aromatic heterocycles. The number of amides is 1. The van der Waals surface area contributed by atoms with E-state index in [0.717, 1.165) is 36.7 Å². The molecule has 142 valence electrons. The van der Waals surface area contributed by atoms with Crippen LogP contribution in [-0.2, 0) is 0 Å². The van der Waals surface area contributed by atoms with Gasteiger partial charge in [0.05, 0.1) is 23.3 Å². The van der Waals surface area contributed by atoms with Crippen LogP contribution < -0.4 is 11.1 Å². The normalized spacial score (nSPS) is 21.3. The summed E-state index contributed by atoms with van der Waals surface area (Å²) in [4.78, 5) is 19.8. The Labute approximate surface area is 156 Å². The summed E-state index contributed by atoms with van der Waals surface area (Å²) >= 11 is 0. The molecule has 9 nitrogen and oxygen atoms in total. The molecule has 9 heteroatoms. The number of aliphatic hydroxyl groups is 1. The second kappa shape index (κ2) is 7.09. The molecule has 0 saturated heterocycles. The van der Waals surface area contributed by atoms with Gasteiger partial charge in [-0.2, -0.15) is 0 Å².